The molecule has 1 spiro atoms. The first-order chi connectivity index (χ1) is 14.9. The second-order valence-electron chi connectivity index (χ2n) is 8.67. The van der Waals surface area contributed by atoms with E-state index in [4.69, 9.17) is 9.47 Å². The Bertz CT molecular complexity index is 882. The number of ether oxygens (including phenoxy) is 2. The fraction of sp³-hybridized carbons (Fsp3) is 0.609. The van der Waals surface area contributed by atoms with Gasteiger partial charge in [-0.1, -0.05) is 18.2 Å². The van der Waals surface area contributed by atoms with E-state index in [0.717, 1.165) is 16.8 Å². The van der Waals surface area contributed by atoms with Crippen LogP contribution < -0.4 is 5.32 Å². The minimum Gasteiger partial charge on any atom is -0.466 e. The molecule has 0 saturated carbocycles. The molecule has 31 heavy (non-hydrogen) atoms. The molecule has 168 valence electrons. The van der Waals surface area contributed by atoms with Gasteiger partial charge in [0.15, 0.2) is 0 Å². The Morgan fingerprint density at radius 2 is 2.03 bits per heavy atom. The standard InChI is InChI=1S/C23H30N2O6/c1-4-30-22(29)16-15-9-10-23(31-15)17(16)21(28)25(11-6-12-26)19(23)20(27)24-18-13(2)7-5-8-14(18)3/h5,7-8,15-17,19,26H,4,6,9-12H2,1-3H3,(H,24,27)/t15-,16+,17+,19?,23?/m1/s1. The van der Waals surface area contributed by atoms with Crippen LogP contribution in [0.15, 0.2) is 18.2 Å². The van der Waals surface area contributed by atoms with Crippen LogP contribution in [0.2, 0.25) is 0 Å². The Labute approximate surface area is 181 Å². The zero-order valence-electron chi connectivity index (χ0n) is 18.2. The van der Waals surface area contributed by atoms with Gasteiger partial charge in [-0.2, -0.15) is 0 Å². The number of hydrogen-bond acceptors (Lipinski definition) is 6. The van der Waals surface area contributed by atoms with Gasteiger partial charge in [-0.15, -0.1) is 0 Å². The quantitative estimate of drug-likeness (QED) is 0.636. The molecule has 3 saturated heterocycles. The number of carbonyl (C=O) groups is 3. The number of carbonyl (C=O) groups excluding carboxylic acids is 3. The van der Waals surface area contributed by atoms with Crippen LogP contribution in [-0.4, -0.2) is 65.3 Å². The highest BCUT2D eigenvalue weighted by atomic mass is 16.6. The van der Waals surface area contributed by atoms with Crippen molar-refractivity contribution in [2.75, 3.05) is 25.1 Å². The molecule has 8 heteroatoms. The Morgan fingerprint density at radius 3 is 2.68 bits per heavy atom. The van der Waals surface area contributed by atoms with E-state index in [9.17, 15) is 19.5 Å². The van der Waals surface area contributed by atoms with Crippen LogP contribution >= 0.6 is 0 Å². The summed E-state index contributed by atoms with van der Waals surface area (Å²) in [5.41, 5.74) is 1.52. The van der Waals surface area contributed by atoms with E-state index < -0.39 is 35.6 Å². The van der Waals surface area contributed by atoms with Crippen LogP contribution in [0.1, 0.15) is 37.3 Å². The minimum absolute atomic E-state index is 0.0997. The summed E-state index contributed by atoms with van der Waals surface area (Å²) in [7, 11) is 0. The summed E-state index contributed by atoms with van der Waals surface area (Å²) >= 11 is 0. The van der Waals surface area contributed by atoms with Crippen molar-refractivity contribution in [1.29, 1.82) is 0 Å². The monoisotopic (exact) mass is 430 g/mol. The van der Waals surface area contributed by atoms with Gasteiger partial charge >= 0.3 is 5.97 Å². The number of amides is 2. The van der Waals surface area contributed by atoms with E-state index in [1.54, 1.807) is 6.92 Å². The van der Waals surface area contributed by atoms with Gasteiger partial charge < -0.3 is 24.8 Å². The number of fused-ring (bicyclic) bond motifs is 1. The molecule has 8 nitrogen and oxygen atoms in total. The van der Waals surface area contributed by atoms with Crippen molar-refractivity contribution >= 4 is 23.5 Å². The molecule has 3 fully saturated rings. The molecule has 0 aromatic heterocycles. The zero-order valence-corrected chi connectivity index (χ0v) is 18.2. The predicted octanol–water partition coefficient (Wildman–Crippen LogP) is 1.56. The number of para-hydroxylation sites is 1. The Balaban J connectivity index is 1.70. The van der Waals surface area contributed by atoms with Gasteiger partial charge in [0.25, 0.3) is 0 Å². The lowest BCUT2D eigenvalue weighted by Crippen LogP contribution is -2.53. The molecule has 5 atom stereocenters. The first-order valence-electron chi connectivity index (χ1n) is 11.0. The van der Waals surface area contributed by atoms with Crippen molar-refractivity contribution in [1.82, 2.24) is 4.90 Å². The number of benzene rings is 1. The van der Waals surface area contributed by atoms with Crippen molar-refractivity contribution in [2.24, 2.45) is 11.8 Å². The molecule has 3 heterocycles. The third-order valence-corrected chi connectivity index (χ3v) is 6.89. The summed E-state index contributed by atoms with van der Waals surface area (Å²) in [6.45, 7) is 5.91. The summed E-state index contributed by atoms with van der Waals surface area (Å²) in [6, 6.07) is 4.90. The van der Waals surface area contributed by atoms with E-state index in [2.05, 4.69) is 5.32 Å². The molecule has 2 bridgehead atoms. The second kappa shape index (κ2) is 8.24. The number of anilines is 1. The lowest BCUT2D eigenvalue weighted by atomic mass is 9.70. The molecular weight excluding hydrogens is 400 g/mol. The highest BCUT2D eigenvalue weighted by molar-refractivity contribution is 6.03. The minimum atomic E-state index is -1.05. The van der Waals surface area contributed by atoms with Gasteiger partial charge in [0.1, 0.15) is 11.6 Å². The molecule has 1 aromatic rings. The van der Waals surface area contributed by atoms with Crippen molar-refractivity contribution in [3.05, 3.63) is 29.3 Å². The van der Waals surface area contributed by atoms with Crippen LogP contribution in [0.4, 0.5) is 5.69 Å². The molecule has 0 radical (unpaired) electrons. The third kappa shape index (κ3) is 3.32. The molecule has 3 aliphatic rings. The molecular formula is C23H30N2O6. The van der Waals surface area contributed by atoms with E-state index in [-0.39, 0.29) is 31.6 Å². The first-order valence-corrected chi connectivity index (χ1v) is 11.0. The average Bonchev–Trinajstić information content (AvgIpc) is 3.37. The van der Waals surface area contributed by atoms with E-state index in [0.29, 0.717) is 19.3 Å². The number of aryl methyl sites for hydroxylation is 2. The number of aliphatic hydroxyl groups excluding tert-OH is 1. The molecule has 3 aliphatic heterocycles. The van der Waals surface area contributed by atoms with Crippen LogP contribution in [0.3, 0.4) is 0 Å². The van der Waals surface area contributed by atoms with E-state index >= 15 is 0 Å². The maximum absolute atomic E-state index is 13.6. The molecule has 4 rings (SSSR count). The fourth-order valence-corrected chi connectivity index (χ4v) is 5.64. The van der Waals surface area contributed by atoms with E-state index in [1.807, 2.05) is 32.0 Å². The number of nitrogens with one attached hydrogen (secondary N) is 1. The number of aliphatic hydroxyl groups is 1. The van der Waals surface area contributed by atoms with Gasteiger partial charge in [-0.3, -0.25) is 14.4 Å². The van der Waals surface area contributed by atoms with Crippen molar-refractivity contribution in [2.45, 2.75) is 57.8 Å². The maximum Gasteiger partial charge on any atom is 0.312 e. The third-order valence-electron chi connectivity index (χ3n) is 6.89. The van der Waals surface area contributed by atoms with Crippen molar-refractivity contribution in [3.8, 4) is 0 Å². The zero-order chi connectivity index (χ0) is 22.3. The van der Waals surface area contributed by atoms with Gasteiger partial charge in [-0.25, -0.2) is 0 Å². The molecule has 0 aliphatic carbocycles. The summed E-state index contributed by atoms with van der Waals surface area (Å²) in [6.07, 6.45) is 1.07. The van der Waals surface area contributed by atoms with E-state index in [1.165, 1.54) is 4.90 Å². The van der Waals surface area contributed by atoms with Gasteiger partial charge in [0.2, 0.25) is 11.8 Å². The van der Waals surface area contributed by atoms with Crippen LogP contribution in [-0.2, 0) is 23.9 Å². The normalized spacial score (nSPS) is 31.1. The summed E-state index contributed by atoms with van der Waals surface area (Å²) in [4.78, 5) is 41.3. The number of hydrogen-bond donors (Lipinski definition) is 2. The fourth-order valence-electron chi connectivity index (χ4n) is 5.64. The number of nitrogens with zero attached hydrogens (tertiary/aromatic N) is 1. The molecule has 1 aromatic carbocycles. The number of likely N-dealkylation sites (tertiary alicyclic amines) is 1. The molecule has 2 unspecified atom stereocenters. The van der Waals surface area contributed by atoms with Crippen molar-refractivity contribution < 1.29 is 29.0 Å². The topological polar surface area (TPSA) is 105 Å². The lowest BCUT2D eigenvalue weighted by Gasteiger charge is -2.33. The summed E-state index contributed by atoms with van der Waals surface area (Å²) in [5.74, 6) is -2.47. The maximum atomic E-state index is 13.6. The number of esters is 1. The van der Waals surface area contributed by atoms with Crippen LogP contribution in [0, 0.1) is 25.7 Å². The summed E-state index contributed by atoms with van der Waals surface area (Å²) in [5, 5.41) is 12.4. The van der Waals surface area contributed by atoms with Crippen LogP contribution in [0.25, 0.3) is 0 Å². The largest absolute Gasteiger partial charge is 0.466 e. The van der Waals surface area contributed by atoms with Gasteiger partial charge in [0, 0.05) is 18.8 Å². The smallest absolute Gasteiger partial charge is 0.312 e. The van der Waals surface area contributed by atoms with Crippen LogP contribution in [0.5, 0.6) is 0 Å². The average molecular weight is 431 g/mol. The highest BCUT2D eigenvalue weighted by Gasteiger charge is 2.74. The lowest BCUT2D eigenvalue weighted by molar-refractivity contribution is -0.154. The number of rotatable bonds is 7. The Kier molecular flexibility index (Phi) is 5.79. The Hall–Kier alpha value is -2.45. The Morgan fingerprint density at radius 1 is 1.32 bits per heavy atom. The molecule has 2 N–H and O–H groups in total. The molecule has 2 amide bonds. The predicted molar refractivity (Wildman–Crippen MR) is 112 cm³/mol. The highest BCUT2D eigenvalue weighted by Crippen LogP contribution is 2.58. The first kappa shape index (κ1) is 21.8. The second-order valence-corrected chi connectivity index (χ2v) is 8.67. The SMILES string of the molecule is CCOC(=O)[C@@H]1[C@H]2C(=O)N(CCCO)C(C(=O)Nc3c(C)cccc3C)C23CC[C@H]1O3. The van der Waals surface area contributed by atoms with Crippen molar-refractivity contribution in [3.63, 3.8) is 0 Å². The van der Waals surface area contributed by atoms with Gasteiger partial charge in [-0.05, 0) is 51.2 Å². The van der Waals surface area contributed by atoms with Gasteiger partial charge in [0.05, 0.1) is 24.5 Å². The summed E-state index contributed by atoms with van der Waals surface area (Å²) < 4.78 is 11.5.